The lowest BCUT2D eigenvalue weighted by Gasteiger charge is -2.23. The Morgan fingerprint density at radius 3 is 2.95 bits per heavy atom. The third kappa shape index (κ3) is 5.17. The van der Waals surface area contributed by atoms with E-state index < -0.39 is 0 Å². The lowest BCUT2D eigenvalue weighted by Crippen LogP contribution is -2.28. The zero-order chi connectivity index (χ0) is 14.9. The van der Waals surface area contributed by atoms with E-state index in [9.17, 15) is 4.39 Å². The fourth-order valence-corrected chi connectivity index (χ4v) is 2.42. The Morgan fingerprint density at radius 2 is 2.14 bits per heavy atom. The van der Waals surface area contributed by atoms with Gasteiger partial charge in [0.2, 0.25) is 0 Å². The van der Waals surface area contributed by atoms with Crippen molar-refractivity contribution in [2.24, 2.45) is 0 Å². The maximum atomic E-state index is 14.2. The number of nitrogens with zero attached hydrogens (tertiary/aromatic N) is 1. The summed E-state index contributed by atoms with van der Waals surface area (Å²) >= 11 is 0. The molecule has 21 heavy (non-hydrogen) atoms. The third-order valence-electron chi connectivity index (χ3n) is 3.51. The van der Waals surface area contributed by atoms with Crippen molar-refractivity contribution < 1.29 is 13.9 Å². The molecular formula is C16H25FN2O2. The predicted octanol–water partition coefficient (Wildman–Crippen LogP) is 2.43. The lowest BCUT2D eigenvalue weighted by molar-refractivity contribution is 0.131. The average molecular weight is 296 g/mol. The predicted molar refractivity (Wildman–Crippen MR) is 82.7 cm³/mol. The summed E-state index contributed by atoms with van der Waals surface area (Å²) < 4.78 is 25.0. The molecule has 1 aromatic carbocycles. The Hall–Kier alpha value is -1.33. The van der Waals surface area contributed by atoms with Gasteiger partial charge in [-0.1, -0.05) is 0 Å². The molecule has 0 aromatic heterocycles. The minimum atomic E-state index is -0.209. The van der Waals surface area contributed by atoms with Gasteiger partial charge in [0.1, 0.15) is 11.6 Å². The van der Waals surface area contributed by atoms with E-state index in [2.05, 4.69) is 10.2 Å². The zero-order valence-electron chi connectivity index (χ0n) is 12.7. The first-order valence-electron chi connectivity index (χ1n) is 7.77. The number of hydrogen-bond acceptors (Lipinski definition) is 4. The fraction of sp³-hybridized carbons (Fsp3) is 0.625. The molecule has 0 spiro atoms. The smallest absolute Gasteiger partial charge is 0.150 e. The van der Waals surface area contributed by atoms with E-state index in [1.807, 2.05) is 19.1 Å². The number of benzene rings is 1. The van der Waals surface area contributed by atoms with Crippen LogP contribution in [0.4, 0.5) is 10.1 Å². The van der Waals surface area contributed by atoms with E-state index in [0.29, 0.717) is 31.3 Å². The molecular weight excluding hydrogens is 271 g/mol. The summed E-state index contributed by atoms with van der Waals surface area (Å²) in [4.78, 5) is 2.09. The number of ether oxygens (including phenoxy) is 2. The highest BCUT2D eigenvalue weighted by molar-refractivity contribution is 5.50. The minimum Gasteiger partial charge on any atom is -0.493 e. The molecule has 5 heteroatoms. The van der Waals surface area contributed by atoms with Crippen LogP contribution in [0.1, 0.15) is 19.8 Å². The van der Waals surface area contributed by atoms with Crippen molar-refractivity contribution in [1.82, 2.24) is 5.32 Å². The number of nitrogens with one attached hydrogen (secondary N) is 1. The molecule has 0 unspecified atom stereocenters. The quantitative estimate of drug-likeness (QED) is 0.784. The summed E-state index contributed by atoms with van der Waals surface area (Å²) in [5, 5.41) is 3.32. The van der Waals surface area contributed by atoms with Crippen LogP contribution >= 0.6 is 0 Å². The minimum absolute atomic E-state index is 0.209. The summed E-state index contributed by atoms with van der Waals surface area (Å²) in [5.41, 5.74) is 0.667. The Labute approximate surface area is 126 Å². The van der Waals surface area contributed by atoms with Crippen molar-refractivity contribution in [1.29, 1.82) is 0 Å². The van der Waals surface area contributed by atoms with Gasteiger partial charge in [-0.15, -0.1) is 0 Å². The number of halogens is 1. The second-order valence-corrected chi connectivity index (χ2v) is 5.10. The van der Waals surface area contributed by atoms with Crippen LogP contribution in [0.15, 0.2) is 18.2 Å². The standard InChI is InChI=1S/C16H25FN2O2/c1-2-20-11-4-12-21-14-5-6-16(15(17)13-14)19-9-3-7-18-8-10-19/h5-6,13,18H,2-4,7-12H2,1H3. The molecule has 0 radical (unpaired) electrons. The Morgan fingerprint density at radius 1 is 1.24 bits per heavy atom. The summed E-state index contributed by atoms with van der Waals surface area (Å²) in [6, 6.07) is 5.14. The zero-order valence-corrected chi connectivity index (χ0v) is 12.7. The van der Waals surface area contributed by atoms with E-state index in [1.165, 1.54) is 6.07 Å². The normalized spacial score (nSPS) is 15.8. The van der Waals surface area contributed by atoms with Gasteiger partial charge in [-0.05, 0) is 32.0 Å². The number of hydrogen-bond donors (Lipinski definition) is 1. The monoisotopic (exact) mass is 296 g/mol. The van der Waals surface area contributed by atoms with Gasteiger partial charge in [0.05, 0.1) is 12.3 Å². The first kappa shape index (κ1) is 16.0. The molecule has 1 fully saturated rings. The van der Waals surface area contributed by atoms with Crippen LogP contribution in [0.3, 0.4) is 0 Å². The van der Waals surface area contributed by atoms with Gasteiger partial charge in [-0.2, -0.15) is 0 Å². The molecule has 0 atom stereocenters. The maximum absolute atomic E-state index is 14.2. The van der Waals surface area contributed by atoms with E-state index >= 15 is 0 Å². The van der Waals surface area contributed by atoms with Crippen molar-refractivity contribution >= 4 is 5.69 Å². The molecule has 4 nitrogen and oxygen atoms in total. The van der Waals surface area contributed by atoms with Gasteiger partial charge in [-0.3, -0.25) is 0 Å². The first-order chi connectivity index (χ1) is 10.3. The molecule has 1 heterocycles. The van der Waals surface area contributed by atoms with Gasteiger partial charge >= 0.3 is 0 Å². The molecule has 0 aliphatic carbocycles. The molecule has 1 aromatic rings. The van der Waals surface area contributed by atoms with Crippen LogP contribution in [0, 0.1) is 5.82 Å². The second-order valence-electron chi connectivity index (χ2n) is 5.10. The van der Waals surface area contributed by atoms with Gasteiger partial charge in [0.25, 0.3) is 0 Å². The van der Waals surface area contributed by atoms with Gasteiger partial charge in [-0.25, -0.2) is 4.39 Å². The highest BCUT2D eigenvalue weighted by Gasteiger charge is 2.14. The number of rotatable bonds is 7. The first-order valence-corrected chi connectivity index (χ1v) is 7.77. The highest BCUT2D eigenvalue weighted by Crippen LogP contribution is 2.24. The number of anilines is 1. The molecule has 118 valence electrons. The SMILES string of the molecule is CCOCCCOc1ccc(N2CCCNCC2)c(F)c1. The van der Waals surface area contributed by atoms with Crippen molar-refractivity contribution in [2.75, 3.05) is 50.9 Å². The Balaban J connectivity index is 1.87. The van der Waals surface area contributed by atoms with Crippen LogP contribution < -0.4 is 15.0 Å². The van der Waals surface area contributed by atoms with Gasteiger partial charge < -0.3 is 19.7 Å². The summed E-state index contributed by atoms with van der Waals surface area (Å²) in [7, 11) is 0. The van der Waals surface area contributed by atoms with Crippen molar-refractivity contribution in [3.05, 3.63) is 24.0 Å². The van der Waals surface area contributed by atoms with Crippen molar-refractivity contribution in [3.8, 4) is 5.75 Å². The molecule has 1 aliphatic rings. The Bertz CT molecular complexity index is 421. The molecule has 0 saturated carbocycles. The molecule has 2 rings (SSSR count). The van der Waals surface area contributed by atoms with Crippen molar-refractivity contribution in [2.45, 2.75) is 19.8 Å². The van der Waals surface area contributed by atoms with Crippen LogP contribution in [0.5, 0.6) is 5.75 Å². The second kappa shape index (κ2) is 8.85. The van der Waals surface area contributed by atoms with E-state index in [1.54, 1.807) is 0 Å². The van der Waals surface area contributed by atoms with Crippen LogP contribution in [0.2, 0.25) is 0 Å². The summed E-state index contributed by atoms with van der Waals surface area (Å²) in [5.74, 6) is 0.375. The molecule has 1 N–H and O–H groups in total. The summed E-state index contributed by atoms with van der Waals surface area (Å²) in [6.07, 6.45) is 1.85. The van der Waals surface area contributed by atoms with Gasteiger partial charge in [0.15, 0.2) is 0 Å². The molecule has 0 bridgehead atoms. The van der Waals surface area contributed by atoms with E-state index in [-0.39, 0.29) is 5.82 Å². The Kier molecular flexibility index (Phi) is 6.76. The largest absolute Gasteiger partial charge is 0.493 e. The molecule has 1 saturated heterocycles. The maximum Gasteiger partial charge on any atom is 0.150 e. The van der Waals surface area contributed by atoms with Gasteiger partial charge in [0, 0.05) is 45.3 Å². The van der Waals surface area contributed by atoms with Crippen molar-refractivity contribution in [3.63, 3.8) is 0 Å². The lowest BCUT2D eigenvalue weighted by atomic mass is 10.2. The third-order valence-corrected chi connectivity index (χ3v) is 3.51. The average Bonchev–Trinajstić information content (AvgIpc) is 2.76. The topological polar surface area (TPSA) is 33.7 Å². The summed E-state index contributed by atoms with van der Waals surface area (Å²) in [6.45, 7) is 7.53. The van der Waals surface area contributed by atoms with Crippen LogP contribution in [-0.4, -0.2) is 46.0 Å². The van der Waals surface area contributed by atoms with E-state index in [4.69, 9.17) is 9.47 Å². The van der Waals surface area contributed by atoms with E-state index in [0.717, 1.165) is 39.0 Å². The highest BCUT2D eigenvalue weighted by atomic mass is 19.1. The molecule has 0 amide bonds. The molecule has 1 aliphatic heterocycles. The fourth-order valence-electron chi connectivity index (χ4n) is 2.42. The van der Waals surface area contributed by atoms with Crippen LogP contribution in [-0.2, 0) is 4.74 Å². The van der Waals surface area contributed by atoms with Crippen LogP contribution in [0.25, 0.3) is 0 Å².